The van der Waals surface area contributed by atoms with E-state index in [9.17, 15) is 9.90 Å². The molecule has 0 aliphatic rings. The number of carbonyl (C=O) groups is 1. The highest BCUT2D eigenvalue weighted by Crippen LogP contribution is 2.12. The van der Waals surface area contributed by atoms with E-state index >= 15 is 0 Å². The lowest BCUT2D eigenvalue weighted by atomic mass is 10.1. The van der Waals surface area contributed by atoms with Crippen LogP contribution >= 0.6 is 0 Å². The van der Waals surface area contributed by atoms with E-state index in [1.54, 1.807) is 7.11 Å². The van der Waals surface area contributed by atoms with Gasteiger partial charge in [0.1, 0.15) is 12.4 Å². The molecule has 2 aromatic rings. The number of ether oxygens (including phenoxy) is 2. The smallest absolute Gasteiger partial charge is 0.407 e. The summed E-state index contributed by atoms with van der Waals surface area (Å²) in [5.41, 5.74) is 1.91. The van der Waals surface area contributed by atoms with E-state index in [-0.39, 0.29) is 13.2 Å². The molecule has 5 heteroatoms. The second kappa shape index (κ2) is 8.80. The van der Waals surface area contributed by atoms with Crippen molar-refractivity contribution in [2.45, 2.75) is 19.1 Å². The summed E-state index contributed by atoms with van der Waals surface area (Å²) in [5, 5.41) is 12.1. The molecule has 2 aromatic carbocycles. The van der Waals surface area contributed by atoms with Crippen molar-refractivity contribution in [3.8, 4) is 5.75 Å². The van der Waals surface area contributed by atoms with Crippen molar-refractivity contribution in [2.24, 2.45) is 0 Å². The maximum Gasteiger partial charge on any atom is 0.407 e. The molecule has 0 fully saturated rings. The number of nitrogens with one attached hydrogen (secondary N) is 1. The minimum absolute atomic E-state index is 0.160. The van der Waals surface area contributed by atoms with Gasteiger partial charge in [0.05, 0.1) is 19.8 Å². The van der Waals surface area contributed by atoms with Gasteiger partial charge in [-0.3, -0.25) is 0 Å². The first-order chi connectivity index (χ1) is 11.2. The molecule has 23 heavy (non-hydrogen) atoms. The van der Waals surface area contributed by atoms with Crippen LogP contribution in [0, 0.1) is 0 Å². The molecule has 2 rings (SSSR count). The highest BCUT2D eigenvalue weighted by atomic mass is 16.5. The predicted octanol–water partition coefficient (Wildman–Crippen LogP) is 2.53. The first-order valence-corrected chi connectivity index (χ1v) is 7.42. The van der Waals surface area contributed by atoms with Crippen molar-refractivity contribution in [2.75, 3.05) is 13.7 Å². The van der Waals surface area contributed by atoms with Crippen molar-refractivity contribution < 1.29 is 19.4 Å². The molecule has 1 atom stereocenters. The third-order valence-corrected chi connectivity index (χ3v) is 3.40. The fourth-order valence-corrected chi connectivity index (χ4v) is 2.14. The number of benzene rings is 2. The van der Waals surface area contributed by atoms with Gasteiger partial charge in [-0.1, -0.05) is 42.5 Å². The van der Waals surface area contributed by atoms with Gasteiger partial charge in [0, 0.05) is 0 Å². The Morgan fingerprint density at radius 1 is 1.09 bits per heavy atom. The largest absolute Gasteiger partial charge is 0.497 e. The van der Waals surface area contributed by atoms with E-state index in [0.717, 1.165) is 16.9 Å². The third-order valence-electron chi connectivity index (χ3n) is 3.40. The lowest BCUT2D eigenvalue weighted by Gasteiger charge is -2.16. The van der Waals surface area contributed by atoms with Crippen molar-refractivity contribution in [1.82, 2.24) is 5.32 Å². The van der Waals surface area contributed by atoms with Crippen LogP contribution in [0.25, 0.3) is 0 Å². The molecule has 0 aliphatic heterocycles. The average molecular weight is 315 g/mol. The van der Waals surface area contributed by atoms with Crippen LogP contribution in [-0.4, -0.2) is 31.0 Å². The Balaban J connectivity index is 1.82. The molecule has 0 aromatic heterocycles. The van der Waals surface area contributed by atoms with Crippen LogP contribution in [0.15, 0.2) is 54.6 Å². The van der Waals surface area contributed by atoms with Gasteiger partial charge in [0.15, 0.2) is 0 Å². The van der Waals surface area contributed by atoms with E-state index < -0.39 is 12.1 Å². The summed E-state index contributed by atoms with van der Waals surface area (Å²) in [6, 6.07) is 16.5. The average Bonchev–Trinajstić information content (AvgIpc) is 2.61. The lowest BCUT2D eigenvalue weighted by molar-refractivity contribution is 0.129. The summed E-state index contributed by atoms with van der Waals surface area (Å²) in [7, 11) is 1.61. The maximum absolute atomic E-state index is 11.8. The van der Waals surface area contributed by atoms with E-state index in [0.29, 0.717) is 6.42 Å². The molecule has 5 nitrogen and oxygen atoms in total. The summed E-state index contributed by atoms with van der Waals surface area (Å²) < 4.78 is 10.3. The molecule has 0 heterocycles. The normalized spacial score (nSPS) is 11.6. The number of amides is 1. The summed E-state index contributed by atoms with van der Waals surface area (Å²) in [6.45, 7) is 0.0415. The lowest BCUT2D eigenvalue weighted by Crippen LogP contribution is -2.39. The van der Waals surface area contributed by atoms with Crippen molar-refractivity contribution >= 4 is 6.09 Å². The molecule has 0 saturated heterocycles. The Kier molecular flexibility index (Phi) is 6.44. The third kappa shape index (κ3) is 5.64. The summed E-state index contributed by atoms with van der Waals surface area (Å²) >= 11 is 0. The molecule has 1 unspecified atom stereocenters. The zero-order chi connectivity index (χ0) is 16.5. The van der Waals surface area contributed by atoms with Crippen LogP contribution in [0.2, 0.25) is 0 Å². The monoisotopic (exact) mass is 315 g/mol. The van der Waals surface area contributed by atoms with Crippen molar-refractivity contribution in [3.63, 3.8) is 0 Å². The van der Waals surface area contributed by atoms with Gasteiger partial charge in [-0.2, -0.15) is 0 Å². The SMILES string of the molecule is COc1ccc(CC(CO)NC(=O)OCc2ccccc2)cc1. The quantitative estimate of drug-likeness (QED) is 0.824. The Morgan fingerprint density at radius 3 is 2.39 bits per heavy atom. The molecule has 0 radical (unpaired) electrons. The Bertz CT molecular complexity index is 598. The van der Waals surface area contributed by atoms with Crippen molar-refractivity contribution in [3.05, 3.63) is 65.7 Å². The van der Waals surface area contributed by atoms with Crippen LogP contribution < -0.4 is 10.1 Å². The van der Waals surface area contributed by atoms with Gasteiger partial charge in [-0.05, 0) is 29.7 Å². The maximum atomic E-state index is 11.8. The number of hydrogen-bond donors (Lipinski definition) is 2. The van der Waals surface area contributed by atoms with E-state index in [2.05, 4.69) is 5.32 Å². The second-order valence-electron chi connectivity index (χ2n) is 5.14. The number of carbonyl (C=O) groups excluding carboxylic acids is 1. The van der Waals surface area contributed by atoms with Gasteiger partial charge in [-0.25, -0.2) is 4.79 Å². The molecular formula is C18H21NO4. The van der Waals surface area contributed by atoms with Crippen LogP contribution in [0.1, 0.15) is 11.1 Å². The Morgan fingerprint density at radius 2 is 1.78 bits per heavy atom. The molecule has 0 bridgehead atoms. The molecule has 0 spiro atoms. The molecule has 0 aliphatic carbocycles. The first kappa shape index (κ1) is 16.8. The minimum atomic E-state index is -0.540. The van der Waals surface area contributed by atoms with Gasteiger partial charge < -0.3 is 19.9 Å². The number of rotatable bonds is 7. The minimum Gasteiger partial charge on any atom is -0.497 e. The van der Waals surface area contributed by atoms with Crippen LogP contribution in [0.3, 0.4) is 0 Å². The van der Waals surface area contributed by atoms with Crippen molar-refractivity contribution in [1.29, 1.82) is 0 Å². The summed E-state index contributed by atoms with van der Waals surface area (Å²) in [5.74, 6) is 0.768. The highest BCUT2D eigenvalue weighted by molar-refractivity contribution is 5.67. The van der Waals surface area contributed by atoms with E-state index in [1.807, 2.05) is 54.6 Å². The molecule has 0 saturated carbocycles. The number of aliphatic hydroxyl groups is 1. The zero-order valence-electron chi connectivity index (χ0n) is 13.1. The molecule has 2 N–H and O–H groups in total. The summed E-state index contributed by atoms with van der Waals surface area (Å²) in [4.78, 5) is 11.8. The van der Waals surface area contributed by atoms with Gasteiger partial charge in [0.2, 0.25) is 0 Å². The van der Waals surface area contributed by atoms with Gasteiger partial charge in [0.25, 0.3) is 0 Å². The molecular weight excluding hydrogens is 294 g/mol. The first-order valence-electron chi connectivity index (χ1n) is 7.42. The number of alkyl carbamates (subject to hydrolysis) is 1. The van der Waals surface area contributed by atoms with E-state index in [1.165, 1.54) is 0 Å². The predicted molar refractivity (Wildman–Crippen MR) is 87.3 cm³/mol. The number of hydrogen-bond acceptors (Lipinski definition) is 4. The van der Waals surface area contributed by atoms with E-state index in [4.69, 9.17) is 9.47 Å². The standard InChI is InChI=1S/C18H21NO4/c1-22-17-9-7-14(8-10-17)11-16(12-20)19-18(21)23-13-15-5-3-2-4-6-15/h2-10,16,20H,11-13H2,1H3,(H,19,21). The highest BCUT2D eigenvalue weighted by Gasteiger charge is 2.13. The number of methoxy groups -OCH3 is 1. The van der Waals surface area contributed by atoms with Gasteiger partial charge in [-0.15, -0.1) is 0 Å². The topological polar surface area (TPSA) is 67.8 Å². The summed E-state index contributed by atoms with van der Waals surface area (Å²) in [6.07, 6.45) is -0.0255. The Hall–Kier alpha value is -2.53. The van der Waals surface area contributed by atoms with Crippen LogP contribution in [0.5, 0.6) is 5.75 Å². The van der Waals surface area contributed by atoms with Crippen LogP contribution in [0.4, 0.5) is 4.79 Å². The number of aliphatic hydroxyl groups excluding tert-OH is 1. The Labute approximate surface area is 135 Å². The zero-order valence-corrected chi connectivity index (χ0v) is 13.1. The van der Waals surface area contributed by atoms with Gasteiger partial charge >= 0.3 is 6.09 Å². The fourth-order valence-electron chi connectivity index (χ4n) is 2.14. The fraction of sp³-hybridized carbons (Fsp3) is 0.278. The van der Waals surface area contributed by atoms with Crippen LogP contribution in [-0.2, 0) is 17.8 Å². The molecule has 122 valence electrons. The second-order valence-corrected chi connectivity index (χ2v) is 5.14. The molecule has 1 amide bonds.